The number of aromatic nitrogens is 2. The molecule has 76 valence electrons. The number of nitrogens with one attached hydrogen (secondary N) is 1. The summed E-state index contributed by atoms with van der Waals surface area (Å²) < 4.78 is 5.57. The van der Waals surface area contributed by atoms with E-state index in [1.165, 1.54) is 19.2 Å². The Morgan fingerprint density at radius 3 is 3.00 bits per heavy atom. The van der Waals surface area contributed by atoms with Gasteiger partial charge in [0, 0.05) is 12.3 Å². The molecule has 1 fully saturated rings. The second-order valence-electron chi connectivity index (χ2n) is 3.55. The lowest BCUT2D eigenvalue weighted by Gasteiger charge is -2.22. The highest BCUT2D eigenvalue weighted by molar-refractivity contribution is 5.04. The summed E-state index contributed by atoms with van der Waals surface area (Å²) in [4.78, 5) is 7.85. The van der Waals surface area contributed by atoms with E-state index in [1.807, 2.05) is 0 Å². The minimum absolute atomic E-state index is 0.672. The number of nitrogens with zero attached hydrogens (tertiary/aromatic N) is 2. The maximum atomic E-state index is 5.57. The highest BCUT2D eigenvalue weighted by atomic mass is 16.5. The van der Waals surface area contributed by atoms with Crippen molar-refractivity contribution in [2.45, 2.75) is 12.8 Å². The number of hydrogen-bond donors (Lipinski definition) is 1. The summed E-state index contributed by atoms with van der Waals surface area (Å²) in [5, 5.41) is 3.33. The van der Waals surface area contributed by atoms with Gasteiger partial charge in [0.1, 0.15) is 6.33 Å². The Kier molecular flexibility index (Phi) is 3.29. The van der Waals surface area contributed by atoms with Crippen molar-refractivity contribution < 1.29 is 4.74 Å². The standard InChI is InChI=1S/C10H15N3O/c1-4-11-5-2-9(1)7-14-10-3-6-12-8-13-10/h3,6,8-9,11H,1-2,4-5,7H2. The Hall–Kier alpha value is -1.16. The molecule has 4 heteroatoms. The van der Waals surface area contributed by atoms with Crippen LogP contribution in [0.2, 0.25) is 0 Å². The average molecular weight is 193 g/mol. The first-order valence-electron chi connectivity index (χ1n) is 5.04. The fourth-order valence-electron chi connectivity index (χ4n) is 1.62. The summed E-state index contributed by atoms with van der Waals surface area (Å²) in [5.74, 6) is 1.35. The molecule has 0 atom stereocenters. The SMILES string of the molecule is c1cc(OCC2CCNCC2)ncn1. The van der Waals surface area contributed by atoms with Crippen LogP contribution in [0, 0.1) is 5.92 Å². The lowest BCUT2D eigenvalue weighted by molar-refractivity contribution is 0.208. The van der Waals surface area contributed by atoms with Crippen molar-refractivity contribution in [3.8, 4) is 5.88 Å². The normalized spacial score (nSPS) is 18.0. The molecule has 2 heterocycles. The van der Waals surface area contributed by atoms with Crippen LogP contribution in [0.15, 0.2) is 18.6 Å². The maximum absolute atomic E-state index is 5.57. The Morgan fingerprint density at radius 1 is 1.43 bits per heavy atom. The number of piperidine rings is 1. The summed E-state index contributed by atoms with van der Waals surface area (Å²) in [6.45, 7) is 2.99. The first kappa shape index (κ1) is 9.40. The van der Waals surface area contributed by atoms with E-state index >= 15 is 0 Å². The van der Waals surface area contributed by atoms with E-state index in [-0.39, 0.29) is 0 Å². The largest absolute Gasteiger partial charge is 0.477 e. The molecule has 0 spiro atoms. The highest BCUT2D eigenvalue weighted by Crippen LogP contribution is 2.13. The smallest absolute Gasteiger partial charge is 0.216 e. The first-order chi connectivity index (χ1) is 6.95. The molecule has 1 saturated heterocycles. The van der Waals surface area contributed by atoms with E-state index in [0.29, 0.717) is 11.8 Å². The predicted octanol–water partition coefficient (Wildman–Crippen LogP) is 0.855. The molecular formula is C10H15N3O. The van der Waals surface area contributed by atoms with Gasteiger partial charge < -0.3 is 10.1 Å². The summed E-state index contributed by atoms with van der Waals surface area (Å²) in [5.41, 5.74) is 0. The van der Waals surface area contributed by atoms with Crippen molar-refractivity contribution in [3.63, 3.8) is 0 Å². The van der Waals surface area contributed by atoms with Gasteiger partial charge in [0.15, 0.2) is 0 Å². The van der Waals surface area contributed by atoms with Crippen molar-refractivity contribution in [2.75, 3.05) is 19.7 Å². The van der Waals surface area contributed by atoms with Crippen LogP contribution in [0.3, 0.4) is 0 Å². The molecule has 1 N–H and O–H groups in total. The number of ether oxygens (including phenoxy) is 1. The molecule has 0 radical (unpaired) electrons. The van der Waals surface area contributed by atoms with Crippen LogP contribution in [0.4, 0.5) is 0 Å². The van der Waals surface area contributed by atoms with Crippen molar-refractivity contribution >= 4 is 0 Å². The first-order valence-corrected chi connectivity index (χ1v) is 5.04. The second-order valence-corrected chi connectivity index (χ2v) is 3.55. The third-order valence-electron chi connectivity index (χ3n) is 2.48. The van der Waals surface area contributed by atoms with Crippen LogP contribution in [0.1, 0.15) is 12.8 Å². The van der Waals surface area contributed by atoms with Gasteiger partial charge in [-0.05, 0) is 31.8 Å². The monoisotopic (exact) mass is 193 g/mol. The molecule has 2 rings (SSSR count). The van der Waals surface area contributed by atoms with Crippen molar-refractivity contribution in [3.05, 3.63) is 18.6 Å². The van der Waals surface area contributed by atoms with Gasteiger partial charge in [0.25, 0.3) is 0 Å². The van der Waals surface area contributed by atoms with Crippen LogP contribution < -0.4 is 10.1 Å². The highest BCUT2D eigenvalue weighted by Gasteiger charge is 2.13. The van der Waals surface area contributed by atoms with E-state index in [1.54, 1.807) is 12.3 Å². The Morgan fingerprint density at radius 2 is 2.29 bits per heavy atom. The van der Waals surface area contributed by atoms with E-state index in [2.05, 4.69) is 15.3 Å². The zero-order valence-electron chi connectivity index (χ0n) is 8.15. The van der Waals surface area contributed by atoms with Gasteiger partial charge in [-0.15, -0.1) is 0 Å². The van der Waals surface area contributed by atoms with Gasteiger partial charge >= 0.3 is 0 Å². The second kappa shape index (κ2) is 4.91. The predicted molar refractivity (Wildman–Crippen MR) is 53.1 cm³/mol. The summed E-state index contributed by atoms with van der Waals surface area (Å²) in [7, 11) is 0. The third-order valence-corrected chi connectivity index (χ3v) is 2.48. The van der Waals surface area contributed by atoms with Gasteiger partial charge in [0.2, 0.25) is 5.88 Å². The van der Waals surface area contributed by atoms with Gasteiger partial charge in [-0.2, -0.15) is 0 Å². The lowest BCUT2D eigenvalue weighted by atomic mass is 9.99. The summed E-state index contributed by atoms with van der Waals surface area (Å²) in [6.07, 6.45) is 5.61. The molecule has 0 saturated carbocycles. The quantitative estimate of drug-likeness (QED) is 0.773. The van der Waals surface area contributed by atoms with Crippen LogP contribution in [-0.4, -0.2) is 29.7 Å². The summed E-state index contributed by atoms with van der Waals surface area (Å²) >= 11 is 0. The Balaban J connectivity index is 1.76. The molecule has 1 aromatic rings. The lowest BCUT2D eigenvalue weighted by Crippen LogP contribution is -2.30. The van der Waals surface area contributed by atoms with Crippen molar-refractivity contribution in [1.29, 1.82) is 0 Å². The van der Waals surface area contributed by atoms with Crippen molar-refractivity contribution in [1.82, 2.24) is 15.3 Å². The van der Waals surface area contributed by atoms with Gasteiger partial charge in [0.05, 0.1) is 6.61 Å². The molecular weight excluding hydrogens is 178 g/mol. The molecule has 1 aliphatic rings. The minimum atomic E-state index is 0.672. The molecule has 0 amide bonds. The maximum Gasteiger partial charge on any atom is 0.216 e. The van der Waals surface area contributed by atoms with Gasteiger partial charge in [-0.3, -0.25) is 0 Å². The fourth-order valence-corrected chi connectivity index (χ4v) is 1.62. The average Bonchev–Trinajstić information content (AvgIpc) is 2.29. The van der Waals surface area contributed by atoms with E-state index in [4.69, 9.17) is 4.74 Å². The number of rotatable bonds is 3. The van der Waals surface area contributed by atoms with Gasteiger partial charge in [-0.1, -0.05) is 0 Å². The molecule has 4 nitrogen and oxygen atoms in total. The van der Waals surface area contributed by atoms with Crippen LogP contribution in [-0.2, 0) is 0 Å². The Labute approximate surface area is 83.7 Å². The fraction of sp³-hybridized carbons (Fsp3) is 0.600. The molecule has 1 aliphatic heterocycles. The summed E-state index contributed by atoms with van der Waals surface area (Å²) in [6, 6.07) is 1.79. The molecule has 1 aromatic heterocycles. The van der Waals surface area contributed by atoms with Crippen LogP contribution in [0.5, 0.6) is 5.88 Å². The van der Waals surface area contributed by atoms with E-state index in [9.17, 15) is 0 Å². The van der Waals surface area contributed by atoms with Gasteiger partial charge in [-0.25, -0.2) is 9.97 Å². The Bertz CT molecular complexity index is 259. The van der Waals surface area contributed by atoms with E-state index in [0.717, 1.165) is 19.7 Å². The molecule has 0 aliphatic carbocycles. The third kappa shape index (κ3) is 2.67. The topological polar surface area (TPSA) is 47.0 Å². The zero-order chi connectivity index (χ0) is 9.64. The van der Waals surface area contributed by atoms with Crippen molar-refractivity contribution in [2.24, 2.45) is 5.92 Å². The molecule has 0 aromatic carbocycles. The molecule has 14 heavy (non-hydrogen) atoms. The van der Waals surface area contributed by atoms with E-state index < -0.39 is 0 Å². The molecule has 0 bridgehead atoms. The number of hydrogen-bond acceptors (Lipinski definition) is 4. The van der Waals surface area contributed by atoms with Crippen LogP contribution >= 0.6 is 0 Å². The minimum Gasteiger partial charge on any atom is -0.477 e. The van der Waals surface area contributed by atoms with Crippen LogP contribution in [0.25, 0.3) is 0 Å². The zero-order valence-corrected chi connectivity index (χ0v) is 8.15. The molecule has 0 unspecified atom stereocenters.